The fourth-order valence-electron chi connectivity index (χ4n) is 15.9. The summed E-state index contributed by atoms with van der Waals surface area (Å²) >= 11 is 0. The Hall–Kier alpha value is -10.8. The van der Waals surface area contributed by atoms with Gasteiger partial charge in [0.15, 0.2) is 0 Å². The Kier molecular flexibility index (Phi) is 10.2. The molecule has 0 fully saturated rings. The Morgan fingerprint density at radius 3 is 0.988 bits per heavy atom. The zero-order valence-corrected chi connectivity index (χ0v) is 46.8. The highest BCUT2D eigenvalue weighted by Crippen LogP contribution is 2.65. The molecule has 4 aliphatic rings. The number of nitrogens with zero attached hydrogens (tertiary/aromatic N) is 2. The minimum absolute atomic E-state index is 0.430. The second-order valence-electron chi connectivity index (χ2n) is 23.4. The standard InChI is InChI=1S/C83H54N2/c1-2-18-53-33-39-59(40-34-53)84(58-19-4-3-5-20-58)60-41-43-61(44-42-60)85-80-47-37-54(56-35-45-68-66-25-10-16-31-76(66)82(78(68)51-56)72-27-12-6-21-62(72)63-22-7-13-28-73(63)82)49-70(80)71-50-55(38-48-81(71)85)57-36-46-69-67-26-11-17-32-77(67)83(79(69)52-57)74-29-14-8-23-64(74)65-24-9-15-30-75(65)83/h2-52H,1H3. The highest BCUT2D eigenvalue weighted by molar-refractivity contribution is 6.12. The molecule has 2 spiro atoms. The summed E-state index contributed by atoms with van der Waals surface area (Å²) in [6.45, 7) is 2.06. The van der Waals surface area contributed by atoms with Crippen molar-refractivity contribution in [1.29, 1.82) is 0 Å². The quantitative estimate of drug-likeness (QED) is 0.154. The maximum absolute atomic E-state index is 2.52. The van der Waals surface area contributed by atoms with Crippen molar-refractivity contribution in [3.8, 4) is 72.4 Å². The van der Waals surface area contributed by atoms with Crippen molar-refractivity contribution < 1.29 is 0 Å². The van der Waals surface area contributed by atoms with Crippen LogP contribution >= 0.6 is 0 Å². The lowest BCUT2D eigenvalue weighted by Gasteiger charge is -2.30. The van der Waals surface area contributed by atoms with Gasteiger partial charge in [-0.2, -0.15) is 0 Å². The Morgan fingerprint density at radius 2 is 0.600 bits per heavy atom. The van der Waals surface area contributed by atoms with Gasteiger partial charge in [0.25, 0.3) is 0 Å². The number of rotatable bonds is 7. The SMILES string of the molecule is CC=Cc1ccc(N(c2ccccc2)c2ccc(-n3c4ccc(-c5ccc6c(c5)C5(c7ccccc7-c7ccccc75)c5ccccc5-6)cc4c4cc(-c5ccc6c(c5)C5(c7ccccc7-c7ccccc75)c5ccccc5-6)ccc43)cc2)cc1. The molecule has 396 valence electrons. The van der Waals surface area contributed by atoms with Gasteiger partial charge >= 0.3 is 0 Å². The van der Waals surface area contributed by atoms with Gasteiger partial charge < -0.3 is 9.47 Å². The molecule has 85 heavy (non-hydrogen) atoms. The topological polar surface area (TPSA) is 8.17 Å². The van der Waals surface area contributed by atoms with E-state index in [4.69, 9.17) is 0 Å². The highest BCUT2D eigenvalue weighted by atomic mass is 15.1. The summed E-state index contributed by atoms with van der Waals surface area (Å²) in [5, 5.41) is 2.42. The first-order valence-corrected chi connectivity index (χ1v) is 29.8. The fraction of sp³-hybridized carbons (Fsp3) is 0.0361. The molecule has 0 bridgehead atoms. The summed E-state index contributed by atoms with van der Waals surface area (Å²) in [6, 6.07) is 112. The first-order chi connectivity index (χ1) is 42.1. The van der Waals surface area contributed by atoms with Gasteiger partial charge in [-0.05, 0) is 209 Å². The first-order valence-electron chi connectivity index (χ1n) is 29.8. The number of hydrogen-bond acceptors (Lipinski definition) is 1. The molecule has 13 aromatic carbocycles. The third-order valence-corrected chi connectivity index (χ3v) is 19.3. The van der Waals surface area contributed by atoms with Crippen LogP contribution in [0.1, 0.15) is 57.0 Å². The zero-order chi connectivity index (χ0) is 56.0. The molecule has 0 unspecified atom stereocenters. The molecular weight excluding hydrogens is 1020 g/mol. The summed E-state index contributed by atoms with van der Waals surface area (Å²) in [6.07, 6.45) is 4.23. The predicted octanol–water partition coefficient (Wildman–Crippen LogP) is 21.3. The van der Waals surface area contributed by atoms with Crippen LogP contribution in [0.2, 0.25) is 0 Å². The molecule has 0 amide bonds. The lowest BCUT2D eigenvalue weighted by atomic mass is 9.70. The van der Waals surface area contributed by atoms with Crippen molar-refractivity contribution in [2.45, 2.75) is 17.8 Å². The molecule has 18 rings (SSSR count). The monoisotopic (exact) mass is 1080 g/mol. The minimum atomic E-state index is -0.430. The minimum Gasteiger partial charge on any atom is -0.311 e. The van der Waals surface area contributed by atoms with E-state index in [0.29, 0.717) is 0 Å². The van der Waals surface area contributed by atoms with E-state index in [9.17, 15) is 0 Å². The Morgan fingerprint density at radius 1 is 0.282 bits per heavy atom. The summed E-state index contributed by atoms with van der Waals surface area (Å²) in [7, 11) is 0. The third kappa shape index (κ3) is 6.54. The number of anilines is 3. The fourth-order valence-corrected chi connectivity index (χ4v) is 15.9. The molecule has 0 N–H and O–H groups in total. The lowest BCUT2D eigenvalue weighted by Crippen LogP contribution is -2.25. The highest BCUT2D eigenvalue weighted by Gasteiger charge is 2.53. The van der Waals surface area contributed by atoms with Crippen LogP contribution in [0.15, 0.2) is 303 Å². The van der Waals surface area contributed by atoms with E-state index in [2.05, 4.69) is 326 Å². The maximum Gasteiger partial charge on any atom is 0.0725 e. The van der Waals surface area contributed by atoms with Crippen LogP contribution in [0.4, 0.5) is 17.1 Å². The van der Waals surface area contributed by atoms with Gasteiger partial charge in [0.05, 0.1) is 21.9 Å². The molecule has 14 aromatic rings. The van der Waals surface area contributed by atoms with E-state index in [1.165, 1.54) is 128 Å². The second kappa shape index (κ2) is 18.1. The van der Waals surface area contributed by atoms with Gasteiger partial charge in [-0.3, -0.25) is 0 Å². The largest absolute Gasteiger partial charge is 0.311 e. The summed E-state index contributed by atoms with van der Waals surface area (Å²) in [4.78, 5) is 2.34. The molecular formula is C83H54N2. The number of para-hydroxylation sites is 1. The van der Waals surface area contributed by atoms with Crippen LogP contribution in [0.25, 0.3) is 100 Å². The van der Waals surface area contributed by atoms with Crippen molar-refractivity contribution in [2.24, 2.45) is 0 Å². The van der Waals surface area contributed by atoms with Gasteiger partial charge in [-0.1, -0.05) is 224 Å². The van der Waals surface area contributed by atoms with Gasteiger partial charge in [0.1, 0.15) is 0 Å². The molecule has 2 nitrogen and oxygen atoms in total. The third-order valence-electron chi connectivity index (χ3n) is 19.3. The maximum atomic E-state index is 2.52. The van der Waals surface area contributed by atoms with Crippen molar-refractivity contribution >= 4 is 44.9 Å². The van der Waals surface area contributed by atoms with Crippen molar-refractivity contribution in [1.82, 2.24) is 4.57 Å². The van der Waals surface area contributed by atoms with E-state index < -0.39 is 10.8 Å². The summed E-state index contributed by atoms with van der Waals surface area (Å²) in [5.41, 5.74) is 33.1. The van der Waals surface area contributed by atoms with E-state index in [1.807, 2.05) is 0 Å². The van der Waals surface area contributed by atoms with E-state index >= 15 is 0 Å². The second-order valence-corrected chi connectivity index (χ2v) is 23.4. The van der Waals surface area contributed by atoms with Crippen molar-refractivity contribution in [3.05, 3.63) is 353 Å². The average Bonchev–Trinajstić information content (AvgIpc) is 1.86. The number of allylic oxidation sites excluding steroid dienone is 1. The van der Waals surface area contributed by atoms with Crippen LogP contribution in [0.3, 0.4) is 0 Å². The molecule has 0 saturated heterocycles. The molecule has 4 aliphatic carbocycles. The molecule has 1 heterocycles. The molecule has 1 aromatic heterocycles. The molecule has 0 atom stereocenters. The van der Waals surface area contributed by atoms with Gasteiger partial charge in [0, 0.05) is 33.5 Å². The summed E-state index contributed by atoms with van der Waals surface area (Å²) < 4.78 is 2.47. The van der Waals surface area contributed by atoms with Crippen LogP contribution < -0.4 is 4.90 Å². The first kappa shape index (κ1) is 47.8. The van der Waals surface area contributed by atoms with Crippen LogP contribution in [-0.4, -0.2) is 4.57 Å². The van der Waals surface area contributed by atoms with Crippen molar-refractivity contribution in [2.75, 3.05) is 4.90 Å². The number of hydrogen-bond donors (Lipinski definition) is 0. The normalized spacial score (nSPS) is 13.8. The smallest absolute Gasteiger partial charge is 0.0725 e. The van der Waals surface area contributed by atoms with E-state index in [0.717, 1.165) is 33.8 Å². The van der Waals surface area contributed by atoms with E-state index in [-0.39, 0.29) is 0 Å². The van der Waals surface area contributed by atoms with E-state index in [1.54, 1.807) is 0 Å². The number of fused-ring (bicyclic) bond motifs is 23. The number of aromatic nitrogens is 1. The number of benzene rings is 13. The summed E-state index contributed by atoms with van der Waals surface area (Å²) in [5.74, 6) is 0. The van der Waals surface area contributed by atoms with Gasteiger partial charge in [-0.15, -0.1) is 0 Å². The van der Waals surface area contributed by atoms with Crippen molar-refractivity contribution in [3.63, 3.8) is 0 Å². The Balaban J connectivity index is 0.829. The lowest BCUT2D eigenvalue weighted by molar-refractivity contribution is 0.794. The Labute approximate surface area is 495 Å². The predicted molar refractivity (Wildman–Crippen MR) is 354 cm³/mol. The molecule has 0 radical (unpaired) electrons. The Bertz CT molecular complexity index is 4750. The van der Waals surface area contributed by atoms with Gasteiger partial charge in [-0.25, -0.2) is 0 Å². The van der Waals surface area contributed by atoms with Gasteiger partial charge in [0.2, 0.25) is 0 Å². The van der Waals surface area contributed by atoms with Crippen LogP contribution in [-0.2, 0) is 10.8 Å². The molecule has 0 saturated carbocycles. The average molecular weight is 1080 g/mol. The molecule has 0 aliphatic heterocycles. The molecule has 2 heteroatoms. The van der Waals surface area contributed by atoms with Crippen LogP contribution in [0.5, 0.6) is 0 Å². The zero-order valence-electron chi connectivity index (χ0n) is 46.8. The van der Waals surface area contributed by atoms with Crippen LogP contribution in [0, 0.1) is 0 Å².